The van der Waals surface area contributed by atoms with E-state index in [0.717, 1.165) is 17.8 Å². The summed E-state index contributed by atoms with van der Waals surface area (Å²) in [6.45, 7) is 3.42. The third-order valence-corrected chi connectivity index (χ3v) is 4.65. The number of amides is 1. The Bertz CT molecular complexity index is 604. The molecule has 2 aromatic heterocycles. The van der Waals surface area contributed by atoms with Gasteiger partial charge in [0.1, 0.15) is 0 Å². The number of fused-ring (bicyclic) bond motifs is 1. The maximum Gasteiger partial charge on any atom is 0.237 e. The van der Waals surface area contributed by atoms with Gasteiger partial charge in [0.2, 0.25) is 5.91 Å². The molecule has 0 fully saturated rings. The van der Waals surface area contributed by atoms with Gasteiger partial charge in [-0.25, -0.2) is 4.98 Å². The van der Waals surface area contributed by atoms with E-state index in [0.29, 0.717) is 19.5 Å². The van der Waals surface area contributed by atoms with Gasteiger partial charge < -0.3 is 10.3 Å². The maximum atomic E-state index is 12.2. The first-order valence-electron chi connectivity index (χ1n) is 6.85. The third-order valence-electron chi connectivity index (χ3n) is 3.69. The van der Waals surface area contributed by atoms with Crippen LogP contribution in [0, 0.1) is 0 Å². The molecule has 2 aromatic rings. The van der Waals surface area contributed by atoms with Crippen LogP contribution in [0.2, 0.25) is 0 Å². The molecule has 0 saturated carbocycles. The third kappa shape index (κ3) is 2.62. The van der Waals surface area contributed by atoms with Gasteiger partial charge in [0, 0.05) is 17.8 Å². The summed E-state index contributed by atoms with van der Waals surface area (Å²) >= 11 is 1.70. The molecule has 0 aromatic carbocycles. The lowest BCUT2D eigenvalue weighted by molar-refractivity contribution is -0.123. The number of H-pyrrole nitrogens is 1. The molecule has 1 unspecified atom stereocenters. The van der Waals surface area contributed by atoms with Gasteiger partial charge in [-0.3, -0.25) is 10.1 Å². The van der Waals surface area contributed by atoms with Crippen LogP contribution in [0.25, 0.3) is 0 Å². The minimum absolute atomic E-state index is 0.0501. The summed E-state index contributed by atoms with van der Waals surface area (Å²) in [6.07, 6.45) is 3.34. The van der Waals surface area contributed by atoms with Crippen molar-refractivity contribution in [2.75, 3.05) is 0 Å². The van der Waals surface area contributed by atoms with Crippen LogP contribution in [-0.2, 0) is 30.7 Å². The SMILES string of the molecule is CCc1ccsc1CNC(=O)C1Cc2nc[nH]c2CN1. The van der Waals surface area contributed by atoms with Crippen molar-refractivity contribution >= 4 is 17.2 Å². The van der Waals surface area contributed by atoms with Gasteiger partial charge in [-0.1, -0.05) is 6.92 Å². The number of carbonyl (C=O) groups is 1. The van der Waals surface area contributed by atoms with Gasteiger partial charge in [-0.15, -0.1) is 11.3 Å². The monoisotopic (exact) mass is 290 g/mol. The van der Waals surface area contributed by atoms with Gasteiger partial charge in [0.25, 0.3) is 0 Å². The first-order chi connectivity index (χ1) is 9.78. The lowest BCUT2D eigenvalue weighted by Crippen LogP contribution is -2.47. The normalized spacial score (nSPS) is 17.8. The molecule has 0 aliphatic carbocycles. The topological polar surface area (TPSA) is 69.8 Å². The second-order valence-electron chi connectivity index (χ2n) is 4.91. The minimum atomic E-state index is -0.184. The zero-order valence-electron chi connectivity index (χ0n) is 11.4. The molecule has 1 atom stereocenters. The van der Waals surface area contributed by atoms with Gasteiger partial charge in [0.15, 0.2) is 0 Å². The lowest BCUT2D eigenvalue weighted by Gasteiger charge is -2.22. The summed E-state index contributed by atoms with van der Waals surface area (Å²) in [4.78, 5) is 20.8. The number of thiophene rings is 1. The van der Waals surface area contributed by atoms with Crippen LogP contribution in [0.15, 0.2) is 17.8 Å². The molecule has 106 valence electrons. The molecule has 3 heterocycles. The highest BCUT2D eigenvalue weighted by Gasteiger charge is 2.25. The molecule has 5 nitrogen and oxygen atoms in total. The Morgan fingerprint density at radius 3 is 3.35 bits per heavy atom. The Balaban J connectivity index is 1.58. The summed E-state index contributed by atoms with van der Waals surface area (Å²) in [5.41, 5.74) is 3.40. The van der Waals surface area contributed by atoms with E-state index in [1.54, 1.807) is 17.7 Å². The zero-order chi connectivity index (χ0) is 13.9. The van der Waals surface area contributed by atoms with E-state index < -0.39 is 0 Å². The number of aryl methyl sites for hydroxylation is 1. The molecular weight excluding hydrogens is 272 g/mol. The molecule has 6 heteroatoms. The van der Waals surface area contributed by atoms with Gasteiger partial charge in [0.05, 0.1) is 30.3 Å². The molecule has 0 bridgehead atoms. The smallest absolute Gasteiger partial charge is 0.237 e. The van der Waals surface area contributed by atoms with Crippen molar-refractivity contribution in [3.63, 3.8) is 0 Å². The number of rotatable bonds is 4. The van der Waals surface area contributed by atoms with Gasteiger partial charge in [-0.2, -0.15) is 0 Å². The molecule has 1 aliphatic heterocycles. The predicted molar refractivity (Wildman–Crippen MR) is 78.5 cm³/mol. The second-order valence-corrected chi connectivity index (χ2v) is 5.91. The Kier molecular flexibility index (Phi) is 3.84. The molecular formula is C14H18N4OS. The van der Waals surface area contributed by atoms with Crippen LogP contribution >= 0.6 is 11.3 Å². The van der Waals surface area contributed by atoms with Gasteiger partial charge in [-0.05, 0) is 23.4 Å². The molecule has 1 amide bonds. The predicted octanol–water partition coefficient (Wildman–Crippen LogP) is 1.36. The fourth-order valence-corrected chi connectivity index (χ4v) is 3.40. The highest BCUT2D eigenvalue weighted by molar-refractivity contribution is 7.10. The van der Waals surface area contributed by atoms with E-state index in [1.165, 1.54) is 10.4 Å². The highest BCUT2D eigenvalue weighted by Crippen LogP contribution is 2.17. The average Bonchev–Trinajstić information content (AvgIpc) is 3.12. The molecule has 20 heavy (non-hydrogen) atoms. The quantitative estimate of drug-likeness (QED) is 0.796. The lowest BCUT2D eigenvalue weighted by atomic mass is 10.0. The maximum absolute atomic E-state index is 12.2. The summed E-state index contributed by atoms with van der Waals surface area (Å²) < 4.78 is 0. The first-order valence-corrected chi connectivity index (χ1v) is 7.73. The largest absolute Gasteiger partial charge is 0.350 e. The van der Waals surface area contributed by atoms with Crippen molar-refractivity contribution in [3.05, 3.63) is 39.6 Å². The fraction of sp³-hybridized carbons (Fsp3) is 0.429. The second kappa shape index (κ2) is 5.76. The molecule has 3 N–H and O–H groups in total. The van der Waals surface area contributed by atoms with Crippen LogP contribution in [0.1, 0.15) is 28.8 Å². The highest BCUT2D eigenvalue weighted by atomic mass is 32.1. The van der Waals surface area contributed by atoms with Crippen molar-refractivity contribution in [2.24, 2.45) is 0 Å². The van der Waals surface area contributed by atoms with Gasteiger partial charge >= 0.3 is 0 Å². The Morgan fingerprint density at radius 2 is 2.50 bits per heavy atom. The van der Waals surface area contributed by atoms with E-state index in [2.05, 4.69) is 39.0 Å². The number of nitrogens with one attached hydrogen (secondary N) is 3. The number of carbonyl (C=O) groups excluding carboxylic acids is 1. The van der Waals surface area contributed by atoms with Crippen molar-refractivity contribution in [3.8, 4) is 0 Å². The van der Waals surface area contributed by atoms with Crippen molar-refractivity contribution in [2.45, 2.75) is 38.9 Å². The van der Waals surface area contributed by atoms with E-state index >= 15 is 0 Å². The summed E-state index contributed by atoms with van der Waals surface area (Å²) in [6, 6.07) is 1.94. The molecule has 0 radical (unpaired) electrons. The fourth-order valence-electron chi connectivity index (χ4n) is 2.48. The van der Waals surface area contributed by atoms with E-state index in [9.17, 15) is 4.79 Å². The van der Waals surface area contributed by atoms with Crippen LogP contribution in [0.3, 0.4) is 0 Å². The molecule has 0 saturated heterocycles. The van der Waals surface area contributed by atoms with Crippen molar-refractivity contribution in [1.29, 1.82) is 0 Å². The Labute approximate surface area is 121 Å². The Hall–Kier alpha value is -1.66. The van der Waals surface area contributed by atoms with E-state index in [4.69, 9.17) is 0 Å². The average molecular weight is 290 g/mol. The summed E-state index contributed by atoms with van der Waals surface area (Å²) in [7, 11) is 0. The summed E-state index contributed by atoms with van der Waals surface area (Å²) in [5, 5.41) is 8.34. The number of hydrogen-bond donors (Lipinski definition) is 3. The number of aromatic amines is 1. The number of hydrogen-bond acceptors (Lipinski definition) is 4. The van der Waals surface area contributed by atoms with Crippen LogP contribution in [0.4, 0.5) is 0 Å². The zero-order valence-corrected chi connectivity index (χ0v) is 12.2. The van der Waals surface area contributed by atoms with E-state index in [1.807, 2.05) is 0 Å². The minimum Gasteiger partial charge on any atom is -0.350 e. The molecule has 3 rings (SSSR count). The van der Waals surface area contributed by atoms with E-state index in [-0.39, 0.29) is 11.9 Å². The van der Waals surface area contributed by atoms with Crippen LogP contribution in [-0.4, -0.2) is 21.9 Å². The van der Waals surface area contributed by atoms with Crippen LogP contribution in [0.5, 0.6) is 0 Å². The number of imidazole rings is 1. The Morgan fingerprint density at radius 1 is 1.60 bits per heavy atom. The van der Waals surface area contributed by atoms with Crippen molar-refractivity contribution in [1.82, 2.24) is 20.6 Å². The number of aromatic nitrogens is 2. The van der Waals surface area contributed by atoms with Crippen molar-refractivity contribution < 1.29 is 4.79 Å². The molecule has 1 aliphatic rings. The molecule has 0 spiro atoms. The first kappa shape index (κ1) is 13.3. The van der Waals surface area contributed by atoms with Crippen LogP contribution < -0.4 is 10.6 Å². The standard InChI is InChI=1S/C14H18N4OS/c1-2-9-3-4-20-13(9)7-16-14(19)11-5-10-12(6-15-11)18-8-17-10/h3-4,8,11,15H,2,5-7H2,1H3,(H,16,19)(H,17,18). The number of nitrogens with zero attached hydrogens (tertiary/aromatic N) is 1. The summed E-state index contributed by atoms with van der Waals surface area (Å²) in [5.74, 6) is 0.0501.